The van der Waals surface area contributed by atoms with E-state index in [1.54, 1.807) is 0 Å². The Kier molecular flexibility index (Phi) is 5.97. The van der Waals surface area contributed by atoms with Gasteiger partial charge in [-0.25, -0.2) is 9.97 Å². The number of carbonyl (C=O) groups excluding carboxylic acids is 1. The normalized spacial score (nSPS) is 17.1. The molecule has 1 heterocycles. The largest absolute Gasteiger partial charge is 0.349 e. The van der Waals surface area contributed by atoms with E-state index in [0.29, 0.717) is 6.04 Å². The van der Waals surface area contributed by atoms with Crippen LogP contribution in [0.15, 0.2) is 6.20 Å². The van der Waals surface area contributed by atoms with Crippen LogP contribution in [0, 0.1) is 12.8 Å². The quantitative estimate of drug-likeness (QED) is 0.904. The summed E-state index contributed by atoms with van der Waals surface area (Å²) in [4.78, 5) is 23.3. The molecule has 1 aromatic heterocycles. The zero-order chi connectivity index (χ0) is 17.0. The third-order valence-corrected chi connectivity index (χ3v) is 4.79. The SMILES string of the molecule is Cc1nc(N(C)C2CCCCC2)ncc1[C@H](C)NC(=O)C(C)C. The van der Waals surface area contributed by atoms with Gasteiger partial charge in [0.05, 0.1) is 6.04 Å². The van der Waals surface area contributed by atoms with Crippen molar-refractivity contribution in [3.05, 3.63) is 17.5 Å². The van der Waals surface area contributed by atoms with Crippen LogP contribution in [-0.4, -0.2) is 29.0 Å². The Morgan fingerprint density at radius 1 is 1.26 bits per heavy atom. The van der Waals surface area contributed by atoms with Gasteiger partial charge in [0.1, 0.15) is 0 Å². The third kappa shape index (κ3) is 4.43. The Bertz CT molecular complexity index is 538. The van der Waals surface area contributed by atoms with Crippen LogP contribution in [0.5, 0.6) is 0 Å². The average Bonchev–Trinajstić information content (AvgIpc) is 2.54. The molecule has 1 aromatic rings. The molecular formula is C18H30N4O. The molecule has 2 rings (SSSR count). The number of rotatable bonds is 5. The van der Waals surface area contributed by atoms with Crippen molar-refractivity contribution in [1.82, 2.24) is 15.3 Å². The molecule has 0 aromatic carbocycles. The molecule has 5 nitrogen and oxygen atoms in total. The topological polar surface area (TPSA) is 58.1 Å². The monoisotopic (exact) mass is 318 g/mol. The first-order valence-corrected chi connectivity index (χ1v) is 8.77. The number of nitrogens with one attached hydrogen (secondary N) is 1. The molecule has 1 fully saturated rings. The maximum atomic E-state index is 11.9. The number of carbonyl (C=O) groups is 1. The summed E-state index contributed by atoms with van der Waals surface area (Å²) in [6, 6.07) is 0.478. The van der Waals surface area contributed by atoms with E-state index in [2.05, 4.69) is 27.2 Å². The molecule has 0 radical (unpaired) electrons. The van der Waals surface area contributed by atoms with Crippen molar-refractivity contribution >= 4 is 11.9 Å². The predicted molar refractivity (Wildman–Crippen MR) is 93.4 cm³/mol. The highest BCUT2D eigenvalue weighted by atomic mass is 16.1. The lowest BCUT2D eigenvalue weighted by Gasteiger charge is -2.31. The van der Waals surface area contributed by atoms with Gasteiger partial charge in [0.15, 0.2) is 0 Å². The van der Waals surface area contributed by atoms with Crippen LogP contribution in [0.3, 0.4) is 0 Å². The predicted octanol–water partition coefficient (Wildman–Crippen LogP) is 3.39. The van der Waals surface area contributed by atoms with Gasteiger partial charge < -0.3 is 10.2 Å². The smallest absolute Gasteiger partial charge is 0.225 e. The summed E-state index contributed by atoms with van der Waals surface area (Å²) in [5.41, 5.74) is 1.93. The maximum absolute atomic E-state index is 11.9. The van der Waals surface area contributed by atoms with Crippen molar-refractivity contribution in [2.24, 2.45) is 5.92 Å². The van der Waals surface area contributed by atoms with E-state index in [1.165, 1.54) is 32.1 Å². The first-order chi connectivity index (χ1) is 10.9. The Morgan fingerprint density at radius 2 is 1.91 bits per heavy atom. The molecule has 23 heavy (non-hydrogen) atoms. The summed E-state index contributed by atoms with van der Waals surface area (Å²) in [6.07, 6.45) is 8.25. The number of hydrogen-bond acceptors (Lipinski definition) is 4. The summed E-state index contributed by atoms with van der Waals surface area (Å²) in [7, 11) is 2.09. The molecule has 0 unspecified atom stereocenters. The lowest BCUT2D eigenvalue weighted by molar-refractivity contribution is -0.124. The van der Waals surface area contributed by atoms with Crippen LogP contribution in [0.2, 0.25) is 0 Å². The zero-order valence-electron chi connectivity index (χ0n) is 15.1. The lowest BCUT2D eigenvalue weighted by Crippen LogP contribution is -2.35. The Morgan fingerprint density at radius 3 is 2.48 bits per heavy atom. The van der Waals surface area contributed by atoms with Crippen molar-refractivity contribution in [3.63, 3.8) is 0 Å². The van der Waals surface area contributed by atoms with Gasteiger partial charge in [-0.3, -0.25) is 4.79 Å². The fourth-order valence-corrected chi connectivity index (χ4v) is 3.15. The van der Waals surface area contributed by atoms with E-state index in [4.69, 9.17) is 0 Å². The highest BCUT2D eigenvalue weighted by Gasteiger charge is 2.21. The highest BCUT2D eigenvalue weighted by molar-refractivity contribution is 5.78. The van der Waals surface area contributed by atoms with Crippen LogP contribution in [0.4, 0.5) is 5.95 Å². The van der Waals surface area contributed by atoms with Gasteiger partial charge >= 0.3 is 0 Å². The molecule has 0 spiro atoms. The van der Waals surface area contributed by atoms with Gasteiger partial charge in [-0.05, 0) is 26.7 Å². The zero-order valence-corrected chi connectivity index (χ0v) is 15.1. The van der Waals surface area contributed by atoms with E-state index in [1.807, 2.05) is 33.9 Å². The first kappa shape index (κ1) is 17.7. The molecular weight excluding hydrogens is 288 g/mol. The van der Waals surface area contributed by atoms with Crippen LogP contribution in [0.25, 0.3) is 0 Å². The number of nitrogens with zero attached hydrogens (tertiary/aromatic N) is 3. The number of aromatic nitrogens is 2. The standard InChI is InChI=1S/C18H30N4O/c1-12(2)17(23)20-13(3)16-11-19-18(21-14(16)4)22(5)15-9-7-6-8-10-15/h11-13,15H,6-10H2,1-5H3,(H,20,23)/t13-/m0/s1. The maximum Gasteiger partial charge on any atom is 0.225 e. The van der Waals surface area contributed by atoms with Gasteiger partial charge in [0, 0.05) is 36.5 Å². The second-order valence-corrected chi connectivity index (χ2v) is 7.00. The number of anilines is 1. The van der Waals surface area contributed by atoms with E-state index in [0.717, 1.165) is 17.2 Å². The molecule has 0 bridgehead atoms. The molecule has 128 valence electrons. The van der Waals surface area contributed by atoms with Gasteiger partial charge in [-0.15, -0.1) is 0 Å². The minimum absolute atomic E-state index is 0.0182. The second kappa shape index (κ2) is 7.75. The van der Waals surface area contributed by atoms with Crippen molar-refractivity contribution in [2.75, 3.05) is 11.9 Å². The molecule has 5 heteroatoms. The summed E-state index contributed by atoms with van der Waals surface area (Å²) < 4.78 is 0. The van der Waals surface area contributed by atoms with Gasteiger partial charge in [0.2, 0.25) is 11.9 Å². The molecule has 1 atom stereocenters. The van der Waals surface area contributed by atoms with Crippen molar-refractivity contribution in [2.45, 2.75) is 71.9 Å². The average molecular weight is 318 g/mol. The van der Waals surface area contributed by atoms with Crippen molar-refractivity contribution < 1.29 is 4.79 Å². The van der Waals surface area contributed by atoms with Crippen LogP contribution >= 0.6 is 0 Å². The second-order valence-electron chi connectivity index (χ2n) is 7.00. The van der Waals surface area contributed by atoms with E-state index in [9.17, 15) is 4.79 Å². The first-order valence-electron chi connectivity index (χ1n) is 8.77. The summed E-state index contributed by atoms with van der Waals surface area (Å²) >= 11 is 0. The minimum atomic E-state index is -0.0704. The van der Waals surface area contributed by atoms with E-state index in [-0.39, 0.29) is 17.9 Å². The number of hydrogen-bond donors (Lipinski definition) is 1. The third-order valence-electron chi connectivity index (χ3n) is 4.79. The van der Waals surface area contributed by atoms with Crippen LogP contribution in [-0.2, 0) is 4.79 Å². The number of aryl methyl sites for hydroxylation is 1. The highest BCUT2D eigenvalue weighted by Crippen LogP contribution is 2.25. The van der Waals surface area contributed by atoms with E-state index >= 15 is 0 Å². The summed E-state index contributed by atoms with van der Waals surface area (Å²) in [5.74, 6) is 0.830. The Hall–Kier alpha value is -1.65. The van der Waals surface area contributed by atoms with Gasteiger partial charge in [-0.1, -0.05) is 33.1 Å². The summed E-state index contributed by atoms with van der Waals surface area (Å²) in [5, 5.41) is 3.02. The van der Waals surface area contributed by atoms with E-state index < -0.39 is 0 Å². The Balaban J connectivity index is 2.09. The number of amides is 1. The molecule has 1 aliphatic rings. The fourth-order valence-electron chi connectivity index (χ4n) is 3.15. The molecule has 1 saturated carbocycles. The molecule has 1 N–H and O–H groups in total. The summed E-state index contributed by atoms with van der Waals surface area (Å²) in [6.45, 7) is 7.77. The van der Waals surface area contributed by atoms with Gasteiger partial charge in [0.25, 0.3) is 0 Å². The van der Waals surface area contributed by atoms with Crippen molar-refractivity contribution in [1.29, 1.82) is 0 Å². The molecule has 1 amide bonds. The van der Waals surface area contributed by atoms with Crippen molar-refractivity contribution in [3.8, 4) is 0 Å². The minimum Gasteiger partial charge on any atom is -0.349 e. The molecule has 0 saturated heterocycles. The molecule has 0 aliphatic heterocycles. The van der Waals surface area contributed by atoms with Crippen LogP contribution < -0.4 is 10.2 Å². The van der Waals surface area contributed by atoms with Crippen LogP contribution in [0.1, 0.15) is 70.2 Å². The van der Waals surface area contributed by atoms with Gasteiger partial charge in [-0.2, -0.15) is 0 Å². The molecule has 1 aliphatic carbocycles. The lowest BCUT2D eigenvalue weighted by atomic mass is 9.95. The Labute approximate surface area is 139 Å². The fraction of sp³-hybridized carbons (Fsp3) is 0.722.